The second kappa shape index (κ2) is 6.36. The van der Waals surface area contributed by atoms with Crippen LogP contribution in [0.3, 0.4) is 0 Å². The zero-order valence-electron chi connectivity index (χ0n) is 11.0. The van der Waals surface area contributed by atoms with Gasteiger partial charge < -0.3 is 19.9 Å². The highest BCUT2D eigenvalue weighted by Crippen LogP contribution is 2.29. The largest absolute Gasteiger partial charge is 0.467 e. The number of hydrogen-bond acceptors (Lipinski definition) is 7. The molecule has 0 aliphatic rings. The Bertz CT molecular complexity index is 587. The van der Waals surface area contributed by atoms with Crippen LogP contribution >= 0.6 is 11.6 Å². The Kier molecular flexibility index (Phi) is 4.54. The first kappa shape index (κ1) is 14.3. The molecule has 0 saturated carbocycles. The minimum atomic E-state index is 0.0242. The Morgan fingerprint density at radius 1 is 1.05 bits per heavy atom. The van der Waals surface area contributed by atoms with Crippen molar-refractivity contribution in [3.63, 3.8) is 0 Å². The van der Waals surface area contributed by atoms with Crippen molar-refractivity contribution >= 4 is 11.6 Å². The van der Waals surface area contributed by atoms with E-state index in [2.05, 4.69) is 15.0 Å². The van der Waals surface area contributed by atoms with Crippen LogP contribution in [-0.4, -0.2) is 29.2 Å². The van der Waals surface area contributed by atoms with E-state index in [0.717, 1.165) is 5.56 Å². The number of rotatable bonds is 5. The van der Waals surface area contributed by atoms with Gasteiger partial charge in [-0.25, -0.2) is 0 Å². The summed E-state index contributed by atoms with van der Waals surface area (Å²) in [6.07, 6.45) is 0. The summed E-state index contributed by atoms with van der Waals surface area (Å²) in [5.74, 6) is 0.402. The van der Waals surface area contributed by atoms with Gasteiger partial charge in [-0.3, -0.25) is 0 Å². The molecular formula is C12H13ClN4O3. The molecule has 2 aromatic rings. The van der Waals surface area contributed by atoms with Gasteiger partial charge in [-0.1, -0.05) is 17.7 Å². The predicted octanol–water partition coefficient (Wildman–Crippen LogP) is 1.79. The quantitative estimate of drug-likeness (QED) is 0.899. The number of hydrogen-bond donors (Lipinski definition) is 1. The van der Waals surface area contributed by atoms with Crippen LogP contribution in [0.5, 0.6) is 23.8 Å². The lowest BCUT2D eigenvalue weighted by Gasteiger charge is -2.08. The van der Waals surface area contributed by atoms with E-state index in [9.17, 15) is 0 Å². The molecule has 0 aliphatic carbocycles. The number of methoxy groups -OCH3 is 2. The van der Waals surface area contributed by atoms with Gasteiger partial charge in [0, 0.05) is 6.54 Å². The van der Waals surface area contributed by atoms with Crippen molar-refractivity contribution in [3.8, 4) is 23.8 Å². The second-order valence-corrected chi connectivity index (χ2v) is 4.07. The van der Waals surface area contributed by atoms with E-state index in [1.165, 1.54) is 14.2 Å². The van der Waals surface area contributed by atoms with Crippen LogP contribution in [0.25, 0.3) is 0 Å². The van der Waals surface area contributed by atoms with Crippen LogP contribution < -0.4 is 19.9 Å². The zero-order valence-corrected chi connectivity index (χ0v) is 11.7. The molecule has 0 bridgehead atoms. The highest BCUT2D eigenvalue weighted by Gasteiger charge is 2.11. The first-order valence-corrected chi connectivity index (χ1v) is 6.04. The number of nitrogens with two attached hydrogens (primary N) is 1. The molecule has 1 aromatic heterocycles. The second-order valence-electron chi connectivity index (χ2n) is 3.66. The summed E-state index contributed by atoms with van der Waals surface area (Å²) in [6.45, 7) is 0.396. The molecule has 0 unspecified atom stereocenters. The van der Waals surface area contributed by atoms with Gasteiger partial charge in [-0.05, 0) is 17.7 Å². The molecule has 106 valence electrons. The first-order chi connectivity index (χ1) is 9.66. The molecular weight excluding hydrogens is 284 g/mol. The Morgan fingerprint density at radius 3 is 2.15 bits per heavy atom. The minimum absolute atomic E-state index is 0.0242. The van der Waals surface area contributed by atoms with Crippen molar-refractivity contribution in [1.29, 1.82) is 0 Å². The monoisotopic (exact) mass is 296 g/mol. The zero-order chi connectivity index (χ0) is 14.5. The van der Waals surface area contributed by atoms with Gasteiger partial charge in [0.2, 0.25) is 0 Å². The molecule has 20 heavy (non-hydrogen) atoms. The van der Waals surface area contributed by atoms with Crippen LogP contribution in [-0.2, 0) is 6.54 Å². The fraction of sp³-hybridized carbons (Fsp3) is 0.250. The van der Waals surface area contributed by atoms with E-state index < -0.39 is 0 Å². The van der Waals surface area contributed by atoms with Gasteiger partial charge in [-0.2, -0.15) is 0 Å². The number of benzene rings is 1. The SMILES string of the molecule is COc1nc(OC)nc(Oc2ccc(CN)cc2Cl)n1. The van der Waals surface area contributed by atoms with Gasteiger partial charge >= 0.3 is 18.0 Å². The predicted molar refractivity (Wildman–Crippen MR) is 72.3 cm³/mol. The van der Waals surface area contributed by atoms with Crippen molar-refractivity contribution in [3.05, 3.63) is 28.8 Å². The van der Waals surface area contributed by atoms with E-state index in [4.69, 9.17) is 31.5 Å². The lowest BCUT2D eigenvalue weighted by atomic mass is 10.2. The highest BCUT2D eigenvalue weighted by molar-refractivity contribution is 6.32. The molecule has 0 amide bonds. The van der Waals surface area contributed by atoms with Gasteiger partial charge in [-0.15, -0.1) is 15.0 Å². The standard InChI is InChI=1S/C12H13ClN4O3/c1-18-10-15-11(19-2)17-12(16-10)20-9-4-3-7(6-14)5-8(9)13/h3-5H,6,14H2,1-2H3. The average molecular weight is 297 g/mol. The van der Waals surface area contributed by atoms with Gasteiger partial charge in [0.05, 0.1) is 19.2 Å². The molecule has 2 rings (SSSR count). The average Bonchev–Trinajstić information content (AvgIpc) is 2.48. The molecule has 1 heterocycles. The van der Waals surface area contributed by atoms with Crippen LogP contribution in [0.15, 0.2) is 18.2 Å². The minimum Gasteiger partial charge on any atom is -0.467 e. The van der Waals surface area contributed by atoms with Gasteiger partial charge in [0.25, 0.3) is 0 Å². The molecule has 8 heteroatoms. The summed E-state index contributed by atoms with van der Waals surface area (Å²) in [7, 11) is 2.86. The molecule has 0 aliphatic heterocycles. The summed E-state index contributed by atoms with van der Waals surface area (Å²) < 4.78 is 15.4. The summed E-state index contributed by atoms with van der Waals surface area (Å²) in [6, 6.07) is 5.40. The Hall–Kier alpha value is -2.12. The van der Waals surface area contributed by atoms with E-state index in [0.29, 0.717) is 17.3 Å². The fourth-order valence-electron chi connectivity index (χ4n) is 1.40. The molecule has 0 atom stereocenters. The maximum atomic E-state index is 6.09. The molecule has 0 radical (unpaired) electrons. The van der Waals surface area contributed by atoms with Crippen LogP contribution in [0.2, 0.25) is 5.02 Å². The number of nitrogens with zero attached hydrogens (tertiary/aromatic N) is 3. The third-order valence-electron chi connectivity index (χ3n) is 2.37. The van der Waals surface area contributed by atoms with E-state index >= 15 is 0 Å². The third kappa shape index (κ3) is 3.25. The summed E-state index contributed by atoms with van der Waals surface area (Å²) in [5, 5.41) is 0.409. The van der Waals surface area contributed by atoms with Crippen molar-refractivity contribution < 1.29 is 14.2 Å². The molecule has 0 saturated heterocycles. The molecule has 7 nitrogen and oxygen atoms in total. The number of ether oxygens (including phenoxy) is 3. The van der Waals surface area contributed by atoms with Crippen molar-refractivity contribution in [2.45, 2.75) is 6.54 Å². The van der Waals surface area contributed by atoms with Crippen LogP contribution in [0.4, 0.5) is 0 Å². The van der Waals surface area contributed by atoms with Gasteiger partial charge in [0.1, 0.15) is 5.75 Å². The molecule has 2 N–H and O–H groups in total. The van der Waals surface area contributed by atoms with Gasteiger partial charge in [0.15, 0.2) is 0 Å². The summed E-state index contributed by atoms with van der Waals surface area (Å²) in [4.78, 5) is 11.8. The van der Waals surface area contributed by atoms with Crippen LogP contribution in [0, 0.1) is 0 Å². The van der Waals surface area contributed by atoms with E-state index in [-0.39, 0.29) is 18.0 Å². The number of halogens is 1. The Morgan fingerprint density at radius 2 is 1.65 bits per heavy atom. The first-order valence-electron chi connectivity index (χ1n) is 5.66. The maximum absolute atomic E-state index is 6.09. The lowest BCUT2D eigenvalue weighted by molar-refractivity contribution is 0.320. The van der Waals surface area contributed by atoms with Crippen molar-refractivity contribution in [2.75, 3.05) is 14.2 Å². The topological polar surface area (TPSA) is 92.4 Å². The third-order valence-corrected chi connectivity index (χ3v) is 2.67. The Balaban J connectivity index is 2.29. The smallest absolute Gasteiger partial charge is 0.331 e. The summed E-state index contributed by atoms with van der Waals surface area (Å²) in [5.41, 5.74) is 6.43. The molecule has 0 spiro atoms. The van der Waals surface area contributed by atoms with E-state index in [1.807, 2.05) is 0 Å². The molecule has 1 aromatic carbocycles. The highest BCUT2D eigenvalue weighted by atomic mass is 35.5. The summed E-state index contributed by atoms with van der Waals surface area (Å²) >= 11 is 6.09. The Labute approximate surface area is 120 Å². The number of aromatic nitrogens is 3. The lowest BCUT2D eigenvalue weighted by Crippen LogP contribution is -2.02. The fourth-order valence-corrected chi connectivity index (χ4v) is 1.64. The maximum Gasteiger partial charge on any atom is 0.331 e. The van der Waals surface area contributed by atoms with Crippen molar-refractivity contribution in [1.82, 2.24) is 15.0 Å². The van der Waals surface area contributed by atoms with E-state index in [1.54, 1.807) is 18.2 Å². The molecule has 0 fully saturated rings. The van der Waals surface area contributed by atoms with Crippen LogP contribution in [0.1, 0.15) is 5.56 Å². The van der Waals surface area contributed by atoms with Crippen molar-refractivity contribution in [2.24, 2.45) is 5.73 Å². The normalized spacial score (nSPS) is 10.2.